The summed E-state index contributed by atoms with van der Waals surface area (Å²) in [6.07, 6.45) is 3.85. The molecule has 0 aromatic carbocycles. The SMILES string of the molecule is CN(CC1CCCCO1)c1ccc2nnnn2n1. The molecule has 3 rings (SSSR count). The van der Waals surface area contributed by atoms with E-state index in [1.54, 1.807) is 0 Å². The number of nitrogens with zero attached hydrogens (tertiary/aromatic N) is 6. The molecule has 2 aromatic rings. The van der Waals surface area contributed by atoms with Crippen LogP contribution in [0.4, 0.5) is 5.82 Å². The van der Waals surface area contributed by atoms with E-state index in [2.05, 4.69) is 25.5 Å². The smallest absolute Gasteiger partial charge is 0.200 e. The first kappa shape index (κ1) is 11.3. The Hall–Kier alpha value is -1.76. The maximum absolute atomic E-state index is 5.73. The largest absolute Gasteiger partial charge is 0.376 e. The van der Waals surface area contributed by atoms with Crippen LogP contribution in [0, 0.1) is 0 Å². The van der Waals surface area contributed by atoms with Gasteiger partial charge in [-0.15, -0.1) is 14.8 Å². The van der Waals surface area contributed by atoms with Gasteiger partial charge in [0.1, 0.15) is 0 Å². The molecular weight excluding hydrogens is 232 g/mol. The summed E-state index contributed by atoms with van der Waals surface area (Å²) < 4.78 is 7.16. The van der Waals surface area contributed by atoms with Gasteiger partial charge in [0.05, 0.1) is 6.10 Å². The minimum Gasteiger partial charge on any atom is -0.376 e. The van der Waals surface area contributed by atoms with Crippen LogP contribution in [0.1, 0.15) is 19.3 Å². The molecule has 1 atom stereocenters. The zero-order valence-corrected chi connectivity index (χ0v) is 10.4. The van der Waals surface area contributed by atoms with Crippen LogP contribution < -0.4 is 4.90 Å². The van der Waals surface area contributed by atoms with Crippen LogP contribution in [0.3, 0.4) is 0 Å². The van der Waals surface area contributed by atoms with Gasteiger partial charge < -0.3 is 9.64 Å². The van der Waals surface area contributed by atoms with Crippen molar-refractivity contribution in [2.45, 2.75) is 25.4 Å². The molecule has 0 saturated carbocycles. The predicted octanol–water partition coefficient (Wildman–Crippen LogP) is 0.525. The Bertz CT molecular complexity index is 521. The van der Waals surface area contributed by atoms with Gasteiger partial charge in [-0.05, 0) is 41.8 Å². The number of fused-ring (bicyclic) bond motifs is 1. The van der Waals surface area contributed by atoms with Gasteiger partial charge >= 0.3 is 0 Å². The Morgan fingerprint density at radius 2 is 2.39 bits per heavy atom. The zero-order chi connectivity index (χ0) is 12.4. The summed E-state index contributed by atoms with van der Waals surface area (Å²) in [6.45, 7) is 1.72. The lowest BCUT2D eigenvalue weighted by Crippen LogP contribution is -2.34. The van der Waals surface area contributed by atoms with Crippen molar-refractivity contribution in [2.24, 2.45) is 0 Å². The van der Waals surface area contributed by atoms with E-state index in [-0.39, 0.29) is 0 Å². The van der Waals surface area contributed by atoms with Crippen molar-refractivity contribution >= 4 is 11.5 Å². The number of rotatable bonds is 3. The second-order valence-electron chi connectivity index (χ2n) is 4.59. The lowest BCUT2D eigenvalue weighted by atomic mass is 10.1. The molecule has 1 saturated heterocycles. The van der Waals surface area contributed by atoms with Gasteiger partial charge in [0.2, 0.25) is 0 Å². The molecular formula is C11H16N6O. The molecule has 96 valence electrons. The lowest BCUT2D eigenvalue weighted by molar-refractivity contribution is 0.0215. The van der Waals surface area contributed by atoms with Gasteiger partial charge in [0, 0.05) is 20.2 Å². The van der Waals surface area contributed by atoms with E-state index < -0.39 is 0 Å². The number of ether oxygens (including phenoxy) is 1. The Labute approximate surface area is 105 Å². The molecule has 0 bridgehead atoms. The number of likely N-dealkylation sites (N-methyl/N-ethyl adjacent to an activating group) is 1. The standard InChI is InChI=1S/C11H16N6O/c1-16(8-9-4-2-3-7-18-9)11-6-5-10-12-14-15-17(10)13-11/h5-6,9H,2-4,7-8H2,1H3. The van der Waals surface area contributed by atoms with Crippen molar-refractivity contribution in [3.05, 3.63) is 12.1 Å². The van der Waals surface area contributed by atoms with Crippen molar-refractivity contribution in [3.8, 4) is 0 Å². The van der Waals surface area contributed by atoms with Crippen LogP contribution in [0.5, 0.6) is 0 Å². The van der Waals surface area contributed by atoms with Crippen molar-refractivity contribution in [2.75, 3.05) is 25.1 Å². The molecule has 1 fully saturated rings. The quantitative estimate of drug-likeness (QED) is 0.789. The highest BCUT2D eigenvalue weighted by molar-refractivity contribution is 5.43. The second kappa shape index (κ2) is 4.85. The Kier molecular flexibility index (Phi) is 3.06. The minimum atomic E-state index is 0.301. The highest BCUT2D eigenvalue weighted by Gasteiger charge is 2.17. The normalized spacial score (nSPS) is 20.2. The number of anilines is 1. The maximum atomic E-state index is 5.73. The second-order valence-corrected chi connectivity index (χ2v) is 4.59. The molecule has 2 aromatic heterocycles. The third kappa shape index (κ3) is 2.26. The molecule has 0 spiro atoms. The van der Waals surface area contributed by atoms with Crippen LogP contribution in [-0.2, 0) is 4.74 Å². The number of hydrogen-bond acceptors (Lipinski definition) is 6. The van der Waals surface area contributed by atoms with Gasteiger partial charge in [-0.1, -0.05) is 0 Å². The highest BCUT2D eigenvalue weighted by Crippen LogP contribution is 2.16. The Morgan fingerprint density at radius 1 is 1.44 bits per heavy atom. The summed E-state index contributed by atoms with van der Waals surface area (Å²) in [7, 11) is 2.01. The van der Waals surface area contributed by atoms with Crippen molar-refractivity contribution in [1.82, 2.24) is 25.3 Å². The first-order valence-corrected chi connectivity index (χ1v) is 6.21. The van der Waals surface area contributed by atoms with Crippen LogP contribution >= 0.6 is 0 Å². The van der Waals surface area contributed by atoms with E-state index in [1.165, 1.54) is 17.5 Å². The monoisotopic (exact) mass is 248 g/mol. The number of hydrogen-bond donors (Lipinski definition) is 0. The van der Waals surface area contributed by atoms with Crippen molar-refractivity contribution in [1.29, 1.82) is 0 Å². The summed E-state index contributed by atoms with van der Waals surface area (Å²) in [5.74, 6) is 0.851. The van der Waals surface area contributed by atoms with Crippen LogP contribution in [-0.4, -0.2) is 51.6 Å². The summed E-state index contributed by atoms with van der Waals surface area (Å²) in [4.78, 5) is 2.08. The van der Waals surface area contributed by atoms with Crippen LogP contribution in [0.15, 0.2) is 12.1 Å². The summed E-state index contributed by atoms with van der Waals surface area (Å²) in [5.41, 5.74) is 0.654. The molecule has 1 aliphatic heterocycles. The summed E-state index contributed by atoms with van der Waals surface area (Å²) in [5, 5.41) is 15.6. The average Bonchev–Trinajstić information content (AvgIpc) is 2.87. The summed E-state index contributed by atoms with van der Waals surface area (Å²) in [6, 6.07) is 3.79. The van der Waals surface area contributed by atoms with E-state index in [0.717, 1.165) is 25.4 Å². The molecule has 7 heteroatoms. The maximum Gasteiger partial charge on any atom is 0.200 e. The fraction of sp³-hybridized carbons (Fsp3) is 0.636. The number of tetrazole rings is 1. The first-order valence-electron chi connectivity index (χ1n) is 6.21. The Balaban J connectivity index is 1.72. The van der Waals surface area contributed by atoms with E-state index in [4.69, 9.17) is 4.74 Å². The fourth-order valence-corrected chi connectivity index (χ4v) is 2.19. The molecule has 0 radical (unpaired) electrons. The molecule has 3 heterocycles. The van der Waals surface area contributed by atoms with E-state index >= 15 is 0 Å². The van der Waals surface area contributed by atoms with E-state index in [9.17, 15) is 0 Å². The average molecular weight is 248 g/mol. The third-order valence-electron chi connectivity index (χ3n) is 3.20. The van der Waals surface area contributed by atoms with Crippen molar-refractivity contribution < 1.29 is 4.74 Å². The van der Waals surface area contributed by atoms with Gasteiger partial charge in [-0.25, -0.2) is 0 Å². The van der Waals surface area contributed by atoms with Crippen LogP contribution in [0.25, 0.3) is 5.65 Å². The van der Waals surface area contributed by atoms with E-state index in [0.29, 0.717) is 11.8 Å². The molecule has 1 aliphatic rings. The molecule has 0 aliphatic carbocycles. The van der Waals surface area contributed by atoms with E-state index in [1.807, 2.05) is 19.2 Å². The van der Waals surface area contributed by atoms with Gasteiger partial charge in [0.15, 0.2) is 11.5 Å². The van der Waals surface area contributed by atoms with Gasteiger partial charge in [0.25, 0.3) is 0 Å². The minimum absolute atomic E-state index is 0.301. The molecule has 7 nitrogen and oxygen atoms in total. The zero-order valence-electron chi connectivity index (χ0n) is 10.4. The molecule has 0 N–H and O–H groups in total. The lowest BCUT2D eigenvalue weighted by Gasteiger charge is -2.27. The molecule has 1 unspecified atom stereocenters. The fourth-order valence-electron chi connectivity index (χ4n) is 2.19. The number of aromatic nitrogens is 5. The van der Waals surface area contributed by atoms with Gasteiger partial charge in [-0.2, -0.15) is 0 Å². The first-order chi connectivity index (χ1) is 8.83. The molecule has 18 heavy (non-hydrogen) atoms. The predicted molar refractivity (Wildman–Crippen MR) is 65.4 cm³/mol. The van der Waals surface area contributed by atoms with Gasteiger partial charge in [-0.3, -0.25) is 0 Å². The Morgan fingerprint density at radius 3 is 3.22 bits per heavy atom. The highest BCUT2D eigenvalue weighted by atomic mass is 16.5. The summed E-state index contributed by atoms with van der Waals surface area (Å²) >= 11 is 0. The topological polar surface area (TPSA) is 68.4 Å². The molecule has 0 amide bonds. The van der Waals surface area contributed by atoms with Crippen LogP contribution in [0.2, 0.25) is 0 Å². The van der Waals surface area contributed by atoms with Crippen molar-refractivity contribution in [3.63, 3.8) is 0 Å². The third-order valence-corrected chi connectivity index (χ3v) is 3.20.